The van der Waals surface area contributed by atoms with Crippen LogP contribution in [0.4, 0.5) is 4.39 Å². The molecule has 1 aromatic carbocycles. The third-order valence-corrected chi connectivity index (χ3v) is 4.49. The molecule has 2 unspecified atom stereocenters. The number of rotatable bonds is 3. The summed E-state index contributed by atoms with van der Waals surface area (Å²) in [6, 6.07) is 7.61. The molecule has 19 heavy (non-hydrogen) atoms. The Bertz CT molecular complexity index is 462. The molecular weight excluding hydrogens is 241 g/mol. The van der Waals surface area contributed by atoms with E-state index < -0.39 is 0 Å². The van der Waals surface area contributed by atoms with Crippen molar-refractivity contribution in [2.75, 3.05) is 0 Å². The van der Waals surface area contributed by atoms with E-state index in [0.717, 1.165) is 12.8 Å². The van der Waals surface area contributed by atoms with Crippen LogP contribution in [0.5, 0.6) is 0 Å². The molecule has 2 heterocycles. The predicted octanol–water partition coefficient (Wildman–Crippen LogP) is 2.86. The lowest BCUT2D eigenvalue weighted by atomic mass is 9.77. The highest BCUT2D eigenvalue weighted by Gasteiger charge is 2.34. The Morgan fingerprint density at radius 3 is 2.58 bits per heavy atom. The molecule has 0 amide bonds. The normalized spacial score (nSPS) is 30.1. The fraction of sp³-hybridized carbons (Fsp3) is 0.562. The number of carbonyl (C=O) groups excluding carboxylic acids is 1. The van der Waals surface area contributed by atoms with Crippen LogP contribution in [0.3, 0.4) is 0 Å². The third kappa shape index (κ3) is 2.86. The summed E-state index contributed by atoms with van der Waals surface area (Å²) in [6.45, 7) is 0. The van der Waals surface area contributed by atoms with Gasteiger partial charge in [-0.25, -0.2) is 4.39 Å². The van der Waals surface area contributed by atoms with E-state index in [0.29, 0.717) is 17.6 Å². The average Bonchev–Trinajstić information content (AvgIpc) is 2.41. The summed E-state index contributed by atoms with van der Waals surface area (Å²) >= 11 is 0. The smallest absolute Gasteiger partial charge is 0.140 e. The molecule has 0 radical (unpaired) electrons. The number of hydrogen-bond acceptors (Lipinski definition) is 2. The quantitative estimate of drug-likeness (QED) is 0.906. The van der Waals surface area contributed by atoms with Crippen LogP contribution in [-0.4, -0.2) is 17.9 Å². The molecule has 0 saturated carbocycles. The standard InChI is InChI=1S/C16H20FNO/c17-15-7-2-1-4-11(15)10-16(19)12-8-13-5-3-6-14(9-12)18-13/h1-2,4,7,12-14,18H,3,5-6,8-10H2. The highest BCUT2D eigenvalue weighted by molar-refractivity contribution is 5.83. The van der Waals surface area contributed by atoms with Crippen LogP contribution in [-0.2, 0) is 11.2 Å². The lowest BCUT2D eigenvalue weighted by molar-refractivity contribution is -0.124. The molecule has 1 aromatic rings. The first-order valence-corrected chi connectivity index (χ1v) is 7.24. The van der Waals surface area contributed by atoms with Crippen molar-refractivity contribution in [3.63, 3.8) is 0 Å². The van der Waals surface area contributed by atoms with E-state index >= 15 is 0 Å². The van der Waals surface area contributed by atoms with Crippen molar-refractivity contribution >= 4 is 5.78 Å². The van der Waals surface area contributed by atoms with Crippen molar-refractivity contribution in [2.24, 2.45) is 5.92 Å². The van der Waals surface area contributed by atoms with Gasteiger partial charge in [0.25, 0.3) is 0 Å². The molecule has 2 atom stereocenters. The van der Waals surface area contributed by atoms with Crippen molar-refractivity contribution in [3.05, 3.63) is 35.6 Å². The summed E-state index contributed by atoms with van der Waals surface area (Å²) in [5.74, 6) is 0.0737. The van der Waals surface area contributed by atoms with Crippen LogP contribution in [0.2, 0.25) is 0 Å². The zero-order valence-electron chi connectivity index (χ0n) is 11.1. The van der Waals surface area contributed by atoms with E-state index in [1.165, 1.54) is 25.3 Å². The van der Waals surface area contributed by atoms with Crippen LogP contribution >= 0.6 is 0 Å². The molecule has 0 spiro atoms. The Labute approximate surface area is 113 Å². The summed E-state index contributed by atoms with van der Waals surface area (Å²) in [4.78, 5) is 12.4. The zero-order valence-corrected chi connectivity index (χ0v) is 11.1. The molecule has 2 aliphatic rings. The van der Waals surface area contributed by atoms with Crippen LogP contribution in [0.15, 0.2) is 24.3 Å². The summed E-state index contributed by atoms with van der Waals surface area (Å²) in [7, 11) is 0. The summed E-state index contributed by atoms with van der Waals surface area (Å²) in [6.07, 6.45) is 5.75. The Morgan fingerprint density at radius 2 is 1.89 bits per heavy atom. The van der Waals surface area contributed by atoms with E-state index in [9.17, 15) is 9.18 Å². The number of nitrogens with one attached hydrogen (secondary N) is 1. The second-order valence-corrected chi connectivity index (χ2v) is 5.89. The van der Waals surface area contributed by atoms with Crippen LogP contribution < -0.4 is 5.32 Å². The Kier molecular flexibility index (Phi) is 3.65. The van der Waals surface area contributed by atoms with Gasteiger partial charge < -0.3 is 5.32 Å². The second-order valence-electron chi connectivity index (χ2n) is 5.89. The first-order valence-electron chi connectivity index (χ1n) is 7.24. The van der Waals surface area contributed by atoms with Crippen molar-refractivity contribution in [1.29, 1.82) is 0 Å². The Balaban J connectivity index is 1.66. The van der Waals surface area contributed by atoms with Gasteiger partial charge in [-0.15, -0.1) is 0 Å². The maximum atomic E-state index is 13.6. The van der Waals surface area contributed by atoms with Crippen LogP contribution in [0.25, 0.3) is 0 Å². The number of fused-ring (bicyclic) bond motifs is 2. The highest BCUT2D eigenvalue weighted by atomic mass is 19.1. The predicted molar refractivity (Wildman–Crippen MR) is 72.4 cm³/mol. The minimum absolute atomic E-state index is 0.121. The van der Waals surface area contributed by atoms with Crippen molar-refractivity contribution in [2.45, 2.75) is 50.6 Å². The minimum atomic E-state index is -0.259. The lowest BCUT2D eigenvalue weighted by Gasteiger charge is -2.39. The van der Waals surface area contributed by atoms with E-state index in [-0.39, 0.29) is 23.9 Å². The monoisotopic (exact) mass is 261 g/mol. The van der Waals surface area contributed by atoms with Crippen LogP contribution in [0, 0.1) is 11.7 Å². The molecule has 2 bridgehead atoms. The van der Waals surface area contributed by atoms with Gasteiger partial charge in [0.2, 0.25) is 0 Å². The van der Waals surface area contributed by atoms with Gasteiger partial charge in [0.05, 0.1) is 0 Å². The number of benzene rings is 1. The maximum Gasteiger partial charge on any atom is 0.140 e. The van der Waals surface area contributed by atoms with Crippen molar-refractivity contribution in [1.82, 2.24) is 5.32 Å². The lowest BCUT2D eigenvalue weighted by Crippen LogP contribution is -2.50. The van der Waals surface area contributed by atoms with Gasteiger partial charge in [-0.05, 0) is 37.3 Å². The number of hydrogen-bond donors (Lipinski definition) is 1. The molecule has 2 saturated heterocycles. The van der Waals surface area contributed by atoms with Gasteiger partial charge in [-0.1, -0.05) is 24.6 Å². The number of Topliss-reactive ketones (excluding diaryl/α,β-unsaturated/α-hetero) is 1. The van der Waals surface area contributed by atoms with Gasteiger partial charge in [0.1, 0.15) is 11.6 Å². The SMILES string of the molecule is O=C(Cc1ccccc1F)C1CC2CCCC(C1)N2. The summed E-state index contributed by atoms with van der Waals surface area (Å²) in [5.41, 5.74) is 0.538. The molecule has 102 valence electrons. The van der Waals surface area contributed by atoms with E-state index in [4.69, 9.17) is 0 Å². The zero-order chi connectivity index (χ0) is 13.2. The summed E-state index contributed by atoms with van der Waals surface area (Å²) < 4.78 is 13.6. The molecule has 2 aliphatic heterocycles. The van der Waals surface area contributed by atoms with Gasteiger partial charge >= 0.3 is 0 Å². The molecule has 3 heteroatoms. The highest BCUT2D eigenvalue weighted by Crippen LogP contribution is 2.30. The third-order valence-electron chi connectivity index (χ3n) is 4.49. The van der Waals surface area contributed by atoms with Crippen molar-refractivity contribution < 1.29 is 9.18 Å². The fourth-order valence-corrected chi connectivity index (χ4v) is 3.50. The number of halogens is 1. The molecule has 0 aromatic heterocycles. The summed E-state index contributed by atoms with van der Waals surface area (Å²) in [5, 5.41) is 3.59. The molecular formula is C16H20FNO. The Hall–Kier alpha value is -1.22. The fourth-order valence-electron chi connectivity index (χ4n) is 3.50. The molecule has 2 nitrogen and oxygen atoms in total. The number of carbonyl (C=O) groups is 1. The topological polar surface area (TPSA) is 29.1 Å². The van der Waals surface area contributed by atoms with Crippen molar-refractivity contribution in [3.8, 4) is 0 Å². The molecule has 3 rings (SSSR count). The largest absolute Gasteiger partial charge is 0.311 e. The van der Waals surface area contributed by atoms with Gasteiger partial charge in [0, 0.05) is 24.4 Å². The maximum absolute atomic E-state index is 13.6. The Morgan fingerprint density at radius 1 is 1.21 bits per heavy atom. The van der Waals surface area contributed by atoms with Gasteiger partial charge in [0.15, 0.2) is 0 Å². The molecule has 1 N–H and O–H groups in total. The second kappa shape index (κ2) is 5.41. The number of piperidine rings is 2. The van der Waals surface area contributed by atoms with Gasteiger partial charge in [-0.3, -0.25) is 4.79 Å². The first kappa shape index (κ1) is 12.8. The van der Waals surface area contributed by atoms with E-state index in [1.807, 2.05) is 0 Å². The van der Waals surface area contributed by atoms with Gasteiger partial charge in [-0.2, -0.15) is 0 Å². The van der Waals surface area contributed by atoms with Crippen LogP contribution in [0.1, 0.15) is 37.7 Å². The first-order chi connectivity index (χ1) is 9.22. The van der Waals surface area contributed by atoms with E-state index in [2.05, 4.69) is 5.32 Å². The average molecular weight is 261 g/mol. The number of ketones is 1. The molecule has 0 aliphatic carbocycles. The van der Waals surface area contributed by atoms with E-state index in [1.54, 1.807) is 18.2 Å². The minimum Gasteiger partial charge on any atom is -0.311 e. The molecule has 2 fully saturated rings.